The normalized spacial score (nSPS) is 13.0. The molecule has 0 spiro atoms. The molecule has 134 valence electrons. The van der Waals surface area contributed by atoms with Gasteiger partial charge in [0.2, 0.25) is 5.91 Å². The van der Waals surface area contributed by atoms with Crippen LogP contribution in [0.4, 0.5) is 17.1 Å². The summed E-state index contributed by atoms with van der Waals surface area (Å²) in [5, 5.41) is 14.1. The first kappa shape index (κ1) is 17.7. The van der Waals surface area contributed by atoms with Crippen LogP contribution in [-0.4, -0.2) is 29.9 Å². The number of fused-ring (bicyclic) bond motifs is 1. The van der Waals surface area contributed by atoms with E-state index >= 15 is 0 Å². The van der Waals surface area contributed by atoms with Gasteiger partial charge >= 0.3 is 5.97 Å². The monoisotopic (exact) mass is 375 g/mol. The fraction of sp³-hybridized carbons (Fsp3) is 0.176. The SMILES string of the molecule is Cc1c(Cl)cccc1NC(=O)CN1CC(=O)Oc2cc([N+](=O)[O-])ccc21. The maximum atomic E-state index is 12.4. The summed E-state index contributed by atoms with van der Waals surface area (Å²) in [5.41, 5.74) is 1.55. The van der Waals surface area contributed by atoms with Gasteiger partial charge in [0.05, 0.1) is 23.2 Å². The van der Waals surface area contributed by atoms with E-state index in [2.05, 4.69) is 5.32 Å². The first-order valence-electron chi connectivity index (χ1n) is 7.64. The highest BCUT2D eigenvalue weighted by molar-refractivity contribution is 6.31. The third-order valence-corrected chi connectivity index (χ3v) is 4.32. The minimum Gasteiger partial charge on any atom is -0.423 e. The van der Waals surface area contributed by atoms with E-state index in [9.17, 15) is 19.7 Å². The molecule has 1 aliphatic rings. The quantitative estimate of drug-likeness (QED) is 0.381. The van der Waals surface area contributed by atoms with Crippen LogP contribution in [0.2, 0.25) is 5.02 Å². The van der Waals surface area contributed by atoms with Gasteiger partial charge in [-0.2, -0.15) is 0 Å². The fourth-order valence-electron chi connectivity index (χ4n) is 2.60. The summed E-state index contributed by atoms with van der Waals surface area (Å²) < 4.78 is 5.05. The molecule has 0 bridgehead atoms. The molecule has 2 aromatic rings. The lowest BCUT2D eigenvalue weighted by molar-refractivity contribution is -0.384. The highest BCUT2D eigenvalue weighted by Crippen LogP contribution is 2.35. The molecule has 0 saturated heterocycles. The molecule has 2 aromatic carbocycles. The highest BCUT2D eigenvalue weighted by Gasteiger charge is 2.27. The maximum absolute atomic E-state index is 12.4. The average molecular weight is 376 g/mol. The highest BCUT2D eigenvalue weighted by atomic mass is 35.5. The van der Waals surface area contributed by atoms with Crippen LogP contribution < -0.4 is 15.0 Å². The number of nitrogens with one attached hydrogen (secondary N) is 1. The van der Waals surface area contributed by atoms with E-state index in [1.165, 1.54) is 23.1 Å². The smallest absolute Gasteiger partial charge is 0.331 e. The summed E-state index contributed by atoms with van der Waals surface area (Å²) in [5.74, 6) is -0.888. The van der Waals surface area contributed by atoms with Gasteiger partial charge in [0, 0.05) is 16.8 Å². The second-order valence-corrected chi connectivity index (χ2v) is 6.11. The Labute approximate surface area is 153 Å². The Morgan fingerprint density at radius 1 is 1.38 bits per heavy atom. The van der Waals surface area contributed by atoms with Crippen molar-refractivity contribution in [3.05, 3.63) is 57.1 Å². The molecule has 3 rings (SSSR count). The Kier molecular flexibility index (Phi) is 4.77. The molecule has 1 N–H and O–H groups in total. The second-order valence-electron chi connectivity index (χ2n) is 5.70. The van der Waals surface area contributed by atoms with Crippen molar-refractivity contribution < 1.29 is 19.2 Å². The second kappa shape index (κ2) is 7.01. The Balaban J connectivity index is 1.80. The Bertz CT molecular complexity index is 915. The average Bonchev–Trinajstić information content (AvgIpc) is 2.58. The standard InChI is InChI=1S/C17H14ClN3O5/c1-10-12(18)3-2-4-13(10)19-16(22)8-20-9-17(23)26-15-7-11(21(24)25)5-6-14(15)20/h2-7H,8-9H2,1H3,(H,19,22). The van der Waals surface area contributed by atoms with Gasteiger partial charge in [-0.1, -0.05) is 17.7 Å². The molecule has 0 fully saturated rings. The van der Waals surface area contributed by atoms with E-state index in [1.807, 2.05) is 0 Å². The molecule has 1 aliphatic heterocycles. The number of nitro groups is 1. The number of esters is 1. The number of nitrogens with zero attached hydrogens (tertiary/aromatic N) is 2. The summed E-state index contributed by atoms with van der Waals surface area (Å²) >= 11 is 6.04. The van der Waals surface area contributed by atoms with Gasteiger partial charge in [-0.25, -0.2) is 4.79 Å². The molecule has 0 saturated carbocycles. The van der Waals surface area contributed by atoms with Crippen molar-refractivity contribution in [1.82, 2.24) is 0 Å². The molecule has 0 radical (unpaired) electrons. The van der Waals surface area contributed by atoms with Crippen LogP contribution in [0, 0.1) is 17.0 Å². The van der Waals surface area contributed by atoms with Gasteiger partial charge in [-0.3, -0.25) is 14.9 Å². The Morgan fingerprint density at radius 3 is 2.88 bits per heavy atom. The third kappa shape index (κ3) is 3.60. The minimum atomic E-state index is -0.593. The summed E-state index contributed by atoms with van der Waals surface area (Å²) in [6, 6.07) is 9.08. The van der Waals surface area contributed by atoms with E-state index in [1.54, 1.807) is 25.1 Å². The zero-order chi connectivity index (χ0) is 18.8. The number of rotatable bonds is 4. The van der Waals surface area contributed by atoms with E-state index < -0.39 is 10.9 Å². The zero-order valence-corrected chi connectivity index (χ0v) is 14.4. The van der Waals surface area contributed by atoms with E-state index in [0.29, 0.717) is 16.4 Å². The topological polar surface area (TPSA) is 102 Å². The number of carbonyl (C=O) groups excluding carboxylic acids is 2. The first-order valence-corrected chi connectivity index (χ1v) is 8.02. The van der Waals surface area contributed by atoms with Crippen molar-refractivity contribution in [1.29, 1.82) is 0 Å². The summed E-state index contributed by atoms with van der Waals surface area (Å²) in [4.78, 5) is 35.9. The number of amides is 1. The number of anilines is 2. The zero-order valence-electron chi connectivity index (χ0n) is 13.7. The number of nitro benzene ring substituents is 1. The van der Waals surface area contributed by atoms with Crippen molar-refractivity contribution in [2.75, 3.05) is 23.3 Å². The van der Waals surface area contributed by atoms with Crippen molar-refractivity contribution in [2.24, 2.45) is 0 Å². The van der Waals surface area contributed by atoms with Crippen molar-refractivity contribution >= 4 is 40.5 Å². The Morgan fingerprint density at radius 2 is 2.15 bits per heavy atom. The third-order valence-electron chi connectivity index (χ3n) is 3.91. The first-order chi connectivity index (χ1) is 12.3. The molecule has 9 heteroatoms. The minimum absolute atomic E-state index is 0.0576. The van der Waals surface area contributed by atoms with Gasteiger partial charge < -0.3 is 15.0 Å². The van der Waals surface area contributed by atoms with Gasteiger partial charge in [0.15, 0.2) is 5.75 Å². The molecular weight excluding hydrogens is 362 g/mol. The van der Waals surface area contributed by atoms with Crippen LogP contribution in [0.1, 0.15) is 5.56 Å². The number of hydrogen-bond donors (Lipinski definition) is 1. The lowest BCUT2D eigenvalue weighted by Crippen LogP contribution is -2.41. The lowest BCUT2D eigenvalue weighted by atomic mass is 10.2. The van der Waals surface area contributed by atoms with Crippen LogP contribution in [-0.2, 0) is 9.59 Å². The predicted molar refractivity (Wildman–Crippen MR) is 95.8 cm³/mol. The van der Waals surface area contributed by atoms with Crippen LogP contribution in [0.5, 0.6) is 5.75 Å². The lowest BCUT2D eigenvalue weighted by Gasteiger charge is -2.29. The number of ether oxygens (including phenoxy) is 1. The number of non-ortho nitro benzene ring substituents is 1. The van der Waals surface area contributed by atoms with Gasteiger partial charge in [-0.15, -0.1) is 0 Å². The number of hydrogen-bond acceptors (Lipinski definition) is 6. The molecule has 26 heavy (non-hydrogen) atoms. The summed E-state index contributed by atoms with van der Waals surface area (Å²) in [6.45, 7) is 1.53. The van der Waals surface area contributed by atoms with Crippen LogP contribution in [0.25, 0.3) is 0 Å². The summed E-state index contributed by atoms with van der Waals surface area (Å²) in [6.07, 6.45) is 0. The summed E-state index contributed by atoms with van der Waals surface area (Å²) in [7, 11) is 0. The van der Waals surface area contributed by atoms with Crippen LogP contribution >= 0.6 is 11.6 Å². The fourth-order valence-corrected chi connectivity index (χ4v) is 2.78. The predicted octanol–water partition coefficient (Wildman–Crippen LogP) is 2.92. The molecule has 1 amide bonds. The van der Waals surface area contributed by atoms with E-state index in [-0.39, 0.29) is 30.4 Å². The molecule has 0 atom stereocenters. The van der Waals surface area contributed by atoms with Gasteiger partial charge in [-0.05, 0) is 30.7 Å². The number of carbonyl (C=O) groups is 2. The van der Waals surface area contributed by atoms with Crippen LogP contribution in [0.15, 0.2) is 36.4 Å². The molecule has 8 nitrogen and oxygen atoms in total. The van der Waals surface area contributed by atoms with Crippen molar-refractivity contribution in [2.45, 2.75) is 6.92 Å². The molecule has 0 unspecified atom stereocenters. The van der Waals surface area contributed by atoms with Gasteiger partial charge in [0.1, 0.15) is 6.54 Å². The molecule has 0 aliphatic carbocycles. The van der Waals surface area contributed by atoms with Crippen molar-refractivity contribution in [3.8, 4) is 5.75 Å². The van der Waals surface area contributed by atoms with Crippen molar-refractivity contribution in [3.63, 3.8) is 0 Å². The largest absolute Gasteiger partial charge is 0.423 e. The molecule has 0 aromatic heterocycles. The number of halogens is 1. The molecular formula is C17H14ClN3O5. The van der Waals surface area contributed by atoms with Crippen LogP contribution in [0.3, 0.4) is 0 Å². The van der Waals surface area contributed by atoms with E-state index in [4.69, 9.17) is 16.3 Å². The van der Waals surface area contributed by atoms with Gasteiger partial charge in [0.25, 0.3) is 5.69 Å². The number of benzene rings is 2. The Hall–Kier alpha value is -3.13. The molecule has 1 heterocycles. The van der Waals surface area contributed by atoms with E-state index in [0.717, 1.165) is 5.56 Å². The maximum Gasteiger partial charge on any atom is 0.331 e.